The molecule has 0 aliphatic carbocycles. The number of aromatic nitrogens is 2. The third kappa shape index (κ3) is 4.41. The first-order valence-electron chi connectivity index (χ1n) is 9.36. The molecule has 1 fully saturated rings. The van der Waals surface area contributed by atoms with Gasteiger partial charge >= 0.3 is 0 Å². The van der Waals surface area contributed by atoms with E-state index in [0.29, 0.717) is 35.4 Å². The predicted octanol–water partition coefficient (Wildman–Crippen LogP) is 4.16. The van der Waals surface area contributed by atoms with Crippen molar-refractivity contribution in [3.8, 4) is 11.4 Å². The molecule has 0 N–H and O–H groups in total. The molecule has 1 saturated heterocycles. The van der Waals surface area contributed by atoms with Crippen LogP contribution in [0.1, 0.15) is 17.0 Å². The molecular formula is C21H22ClFN4O. The summed E-state index contributed by atoms with van der Waals surface area (Å²) in [4.78, 5) is 9.00. The number of piperazine rings is 1. The second-order valence-corrected chi connectivity index (χ2v) is 7.54. The lowest BCUT2D eigenvalue weighted by Crippen LogP contribution is -2.45. The molecule has 0 amide bonds. The van der Waals surface area contributed by atoms with Gasteiger partial charge in [0, 0.05) is 48.9 Å². The van der Waals surface area contributed by atoms with Gasteiger partial charge in [-0.1, -0.05) is 52.7 Å². The Morgan fingerprint density at radius 1 is 1.00 bits per heavy atom. The number of hydrogen-bond acceptors (Lipinski definition) is 5. The summed E-state index contributed by atoms with van der Waals surface area (Å²) in [6, 6.07) is 12.9. The molecule has 146 valence electrons. The van der Waals surface area contributed by atoms with Gasteiger partial charge in [0.05, 0.1) is 6.54 Å². The van der Waals surface area contributed by atoms with Crippen LogP contribution in [0, 0.1) is 12.7 Å². The molecule has 1 aliphatic rings. The maximum atomic E-state index is 14.0. The molecule has 0 saturated carbocycles. The van der Waals surface area contributed by atoms with E-state index in [1.54, 1.807) is 12.1 Å². The number of rotatable bonds is 5. The number of nitrogens with zero attached hydrogens (tertiary/aromatic N) is 4. The van der Waals surface area contributed by atoms with E-state index < -0.39 is 0 Å². The van der Waals surface area contributed by atoms with Crippen molar-refractivity contribution >= 4 is 11.6 Å². The molecule has 28 heavy (non-hydrogen) atoms. The van der Waals surface area contributed by atoms with Crippen LogP contribution in [-0.2, 0) is 13.1 Å². The summed E-state index contributed by atoms with van der Waals surface area (Å²) < 4.78 is 19.4. The molecule has 3 aromatic rings. The first kappa shape index (κ1) is 19.1. The lowest BCUT2D eigenvalue weighted by atomic mass is 10.1. The van der Waals surface area contributed by atoms with Crippen LogP contribution in [-0.4, -0.2) is 46.1 Å². The molecule has 7 heteroatoms. The fraction of sp³-hybridized carbons (Fsp3) is 0.333. The zero-order valence-corrected chi connectivity index (χ0v) is 16.5. The van der Waals surface area contributed by atoms with Gasteiger partial charge in [-0.25, -0.2) is 4.39 Å². The summed E-state index contributed by atoms with van der Waals surface area (Å²) in [6.07, 6.45) is 0. The van der Waals surface area contributed by atoms with Gasteiger partial charge in [0.2, 0.25) is 11.7 Å². The molecular weight excluding hydrogens is 379 g/mol. The Kier molecular flexibility index (Phi) is 5.71. The maximum Gasteiger partial charge on any atom is 0.241 e. The van der Waals surface area contributed by atoms with E-state index >= 15 is 0 Å². The minimum atomic E-state index is -0.246. The summed E-state index contributed by atoms with van der Waals surface area (Å²) in [5.41, 5.74) is 2.71. The maximum absolute atomic E-state index is 14.0. The fourth-order valence-electron chi connectivity index (χ4n) is 3.34. The molecule has 2 aromatic carbocycles. The molecule has 2 heterocycles. The molecule has 0 bridgehead atoms. The number of benzene rings is 2. The standard InChI is InChI=1S/C21H22ClFN4O/c1-15-5-7-16(8-6-15)21-24-20(28-25-21)14-27-11-9-26(10-12-27)13-17-18(22)3-2-4-19(17)23/h2-8H,9-14H2,1H3. The van der Waals surface area contributed by atoms with Crippen LogP contribution in [0.5, 0.6) is 0 Å². The average molecular weight is 401 g/mol. The van der Waals surface area contributed by atoms with Gasteiger partial charge in [-0.05, 0) is 19.1 Å². The van der Waals surface area contributed by atoms with Crippen molar-refractivity contribution in [3.05, 3.63) is 70.3 Å². The molecule has 0 radical (unpaired) electrons. The number of hydrogen-bond donors (Lipinski definition) is 0. The van der Waals surface area contributed by atoms with Gasteiger partial charge in [-0.3, -0.25) is 9.80 Å². The molecule has 5 nitrogen and oxygen atoms in total. The number of halogens is 2. The van der Waals surface area contributed by atoms with E-state index in [1.165, 1.54) is 11.6 Å². The Hall–Kier alpha value is -2.28. The SMILES string of the molecule is Cc1ccc(-c2noc(CN3CCN(Cc4c(F)cccc4Cl)CC3)n2)cc1. The van der Waals surface area contributed by atoms with Gasteiger partial charge < -0.3 is 4.52 Å². The van der Waals surface area contributed by atoms with Crippen molar-refractivity contribution in [1.82, 2.24) is 19.9 Å². The fourth-order valence-corrected chi connectivity index (χ4v) is 3.57. The summed E-state index contributed by atoms with van der Waals surface area (Å²) in [5.74, 6) is 0.980. The van der Waals surface area contributed by atoms with Gasteiger partial charge in [0.1, 0.15) is 5.82 Å². The highest BCUT2D eigenvalue weighted by atomic mass is 35.5. The summed E-state index contributed by atoms with van der Waals surface area (Å²) in [7, 11) is 0. The van der Waals surface area contributed by atoms with Crippen molar-refractivity contribution in [2.75, 3.05) is 26.2 Å². The normalized spacial score (nSPS) is 15.8. The van der Waals surface area contributed by atoms with E-state index in [0.717, 1.165) is 31.7 Å². The first-order chi connectivity index (χ1) is 13.6. The van der Waals surface area contributed by atoms with Crippen LogP contribution in [0.15, 0.2) is 47.0 Å². The van der Waals surface area contributed by atoms with Crippen molar-refractivity contribution in [1.29, 1.82) is 0 Å². The minimum absolute atomic E-state index is 0.246. The van der Waals surface area contributed by atoms with Gasteiger partial charge in [0.25, 0.3) is 0 Å². The van der Waals surface area contributed by atoms with E-state index in [-0.39, 0.29) is 5.82 Å². The van der Waals surface area contributed by atoms with E-state index in [4.69, 9.17) is 16.1 Å². The lowest BCUT2D eigenvalue weighted by molar-refractivity contribution is 0.111. The predicted molar refractivity (Wildman–Crippen MR) is 106 cm³/mol. The zero-order valence-electron chi connectivity index (χ0n) is 15.7. The van der Waals surface area contributed by atoms with Crippen molar-refractivity contribution in [3.63, 3.8) is 0 Å². The average Bonchev–Trinajstić information content (AvgIpc) is 3.15. The van der Waals surface area contributed by atoms with E-state index in [9.17, 15) is 4.39 Å². The summed E-state index contributed by atoms with van der Waals surface area (Å²) in [6.45, 7) is 6.58. The van der Waals surface area contributed by atoms with Gasteiger partial charge in [0.15, 0.2) is 0 Å². The zero-order chi connectivity index (χ0) is 19.5. The monoisotopic (exact) mass is 400 g/mol. The van der Waals surface area contributed by atoms with Crippen molar-refractivity contribution in [2.24, 2.45) is 0 Å². The van der Waals surface area contributed by atoms with Crippen LogP contribution < -0.4 is 0 Å². The molecule has 0 atom stereocenters. The molecule has 0 unspecified atom stereocenters. The third-order valence-corrected chi connectivity index (χ3v) is 5.40. The van der Waals surface area contributed by atoms with Gasteiger partial charge in [-0.15, -0.1) is 0 Å². The summed E-state index contributed by atoms with van der Waals surface area (Å²) >= 11 is 6.14. The number of aryl methyl sites for hydroxylation is 1. The van der Waals surface area contributed by atoms with Gasteiger partial charge in [-0.2, -0.15) is 4.98 Å². The van der Waals surface area contributed by atoms with Crippen LogP contribution >= 0.6 is 11.6 Å². The van der Waals surface area contributed by atoms with Crippen molar-refractivity contribution in [2.45, 2.75) is 20.0 Å². The highest BCUT2D eigenvalue weighted by Gasteiger charge is 2.21. The second-order valence-electron chi connectivity index (χ2n) is 7.13. The smallest absolute Gasteiger partial charge is 0.241 e. The molecule has 1 aromatic heterocycles. The van der Waals surface area contributed by atoms with Crippen LogP contribution in [0.3, 0.4) is 0 Å². The lowest BCUT2D eigenvalue weighted by Gasteiger charge is -2.34. The van der Waals surface area contributed by atoms with Crippen LogP contribution in [0.4, 0.5) is 4.39 Å². The van der Waals surface area contributed by atoms with E-state index in [2.05, 4.69) is 19.9 Å². The highest BCUT2D eigenvalue weighted by molar-refractivity contribution is 6.31. The van der Waals surface area contributed by atoms with Crippen molar-refractivity contribution < 1.29 is 8.91 Å². The van der Waals surface area contributed by atoms with E-state index in [1.807, 2.05) is 31.2 Å². The first-order valence-corrected chi connectivity index (χ1v) is 9.73. The quantitative estimate of drug-likeness (QED) is 0.643. The molecule has 4 rings (SSSR count). The van der Waals surface area contributed by atoms with Crippen LogP contribution in [0.25, 0.3) is 11.4 Å². The Labute approximate surface area is 168 Å². The Balaban J connectivity index is 1.32. The molecule has 0 spiro atoms. The minimum Gasteiger partial charge on any atom is -0.338 e. The largest absolute Gasteiger partial charge is 0.338 e. The Bertz CT molecular complexity index is 916. The topological polar surface area (TPSA) is 45.4 Å². The highest BCUT2D eigenvalue weighted by Crippen LogP contribution is 2.22. The second kappa shape index (κ2) is 8.39. The Morgan fingerprint density at radius 3 is 2.36 bits per heavy atom. The Morgan fingerprint density at radius 2 is 1.68 bits per heavy atom. The summed E-state index contributed by atoms with van der Waals surface area (Å²) in [5, 5.41) is 4.58. The van der Waals surface area contributed by atoms with Crippen LogP contribution in [0.2, 0.25) is 5.02 Å². The molecule has 1 aliphatic heterocycles. The third-order valence-electron chi connectivity index (χ3n) is 5.05.